The fourth-order valence-corrected chi connectivity index (χ4v) is 4.67. The van der Waals surface area contributed by atoms with Crippen LogP contribution < -0.4 is 4.74 Å². The maximum Gasteiger partial charge on any atom is 0.260 e. The van der Waals surface area contributed by atoms with Gasteiger partial charge >= 0.3 is 0 Å². The van der Waals surface area contributed by atoms with Gasteiger partial charge in [0.2, 0.25) is 0 Å². The molecular formula is C19H21NO4S. The molecule has 3 rings (SSSR count). The first-order valence-corrected chi connectivity index (χ1v) is 9.78. The molecule has 0 spiro atoms. The Bertz CT molecular complexity index is 849. The number of amides is 1. The van der Waals surface area contributed by atoms with E-state index in [2.05, 4.69) is 0 Å². The van der Waals surface area contributed by atoms with Gasteiger partial charge in [-0.2, -0.15) is 0 Å². The summed E-state index contributed by atoms with van der Waals surface area (Å²) in [5.41, 5.74) is 0.959. The highest BCUT2D eigenvalue weighted by Crippen LogP contribution is 2.24. The lowest BCUT2D eigenvalue weighted by molar-refractivity contribution is -0.132. The Hall–Kier alpha value is -2.34. The highest BCUT2D eigenvalue weighted by atomic mass is 32.2. The number of ether oxygens (including phenoxy) is 1. The number of nitrogens with zero attached hydrogens (tertiary/aromatic N) is 1. The first kappa shape index (κ1) is 17.5. The van der Waals surface area contributed by atoms with E-state index in [1.54, 1.807) is 35.2 Å². The van der Waals surface area contributed by atoms with E-state index in [4.69, 9.17) is 4.74 Å². The predicted octanol–water partition coefficient (Wildman–Crippen LogP) is 2.45. The van der Waals surface area contributed by atoms with Crippen molar-refractivity contribution in [1.29, 1.82) is 0 Å². The number of benzene rings is 2. The molecule has 1 amide bonds. The molecule has 1 aliphatic rings. The van der Waals surface area contributed by atoms with Gasteiger partial charge in [0.1, 0.15) is 5.75 Å². The van der Waals surface area contributed by atoms with Crippen molar-refractivity contribution in [3.8, 4) is 5.75 Å². The first-order valence-electron chi connectivity index (χ1n) is 8.23. The summed E-state index contributed by atoms with van der Waals surface area (Å²) in [6.07, 6.45) is 0.452. The van der Waals surface area contributed by atoms with E-state index in [0.717, 1.165) is 5.56 Å². The van der Waals surface area contributed by atoms with E-state index < -0.39 is 15.1 Å². The molecule has 0 N–H and O–H groups in total. The van der Waals surface area contributed by atoms with E-state index in [1.807, 2.05) is 31.2 Å². The second-order valence-corrected chi connectivity index (χ2v) is 8.39. The summed E-state index contributed by atoms with van der Waals surface area (Å²) < 4.78 is 30.9. The zero-order chi connectivity index (χ0) is 17.9. The van der Waals surface area contributed by atoms with Crippen molar-refractivity contribution in [1.82, 2.24) is 4.90 Å². The van der Waals surface area contributed by atoms with E-state index in [0.29, 0.717) is 23.6 Å². The number of rotatable bonds is 5. The van der Waals surface area contributed by atoms with Crippen LogP contribution in [0.3, 0.4) is 0 Å². The van der Waals surface area contributed by atoms with Gasteiger partial charge in [0.05, 0.1) is 10.1 Å². The summed E-state index contributed by atoms with van der Waals surface area (Å²) in [7, 11) is -3.41. The fraction of sp³-hybridized carbons (Fsp3) is 0.316. The molecule has 5 nitrogen and oxygen atoms in total. The Labute approximate surface area is 148 Å². The number of hydrogen-bond acceptors (Lipinski definition) is 4. The molecule has 0 bridgehead atoms. The quantitative estimate of drug-likeness (QED) is 0.823. The summed E-state index contributed by atoms with van der Waals surface area (Å²) in [6.45, 7) is 2.49. The lowest BCUT2D eigenvalue weighted by Gasteiger charge is -2.17. The molecule has 1 aliphatic heterocycles. The van der Waals surface area contributed by atoms with Gasteiger partial charge in [-0.1, -0.05) is 36.4 Å². The van der Waals surface area contributed by atoms with Gasteiger partial charge in [-0.25, -0.2) is 8.42 Å². The summed E-state index contributed by atoms with van der Waals surface area (Å²) in [4.78, 5) is 14.2. The SMILES string of the molecule is Cc1ccccc1OCC(=O)N1CCC(S(=O)(=O)c2ccccc2)C1. The fourth-order valence-electron chi connectivity index (χ4n) is 2.96. The van der Waals surface area contributed by atoms with Crippen LogP contribution in [0.4, 0.5) is 0 Å². The second-order valence-electron chi connectivity index (χ2n) is 6.16. The maximum absolute atomic E-state index is 12.7. The van der Waals surface area contributed by atoms with Crippen molar-refractivity contribution >= 4 is 15.7 Å². The van der Waals surface area contributed by atoms with Crippen LogP contribution in [0.15, 0.2) is 59.5 Å². The number of hydrogen-bond donors (Lipinski definition) is 0. The molecular weight excluding hydrogens is 338 g/mol. The third-order valence-electron chi connectivity index (χ3n) is 4.45. The Morgan fingerprint density at radius 1 is 1.12 bits per heavy atom. The van der Waals surface area contributed by atoms with Crippen LogP contribution in [0.5, 0.6) is 5.75 Å². The molecule has 132 valence electrons. The largest absolute Gasteiger partial charge is 0.484 e. The monoisotopic (exact) mass is 359 g/mol. The van der Waals surface area contributed by atoms with Crippen LogP contribution in [0, 0.1) is 6.92 Å². The molecule has 2 aromatic carbocycles. The van der Waals surface area contributed by atoms with Crippen molar-refractivity contribution in [3.63, 3.8) is 0 Å². The Kier molecular flexibility index (Phi) is 5.08. The lowest BCUT2D eigenvalue weighted by atomic mass is 10.2. The predicted molar refractivity (Wildman–Crippen MR) is 95.3 cm³/mol. The van der Waals surface area contributed by atoms with Gasteiger partial charge in [-0.3, -0.25) is 4.79 Å². The molecule has 1 unspecified atom stereocenters. The van der Waals surface area contributed by atoms with Crippen molar-refractivity contribution < 1.29 is 17.9 Å². The zero-order valence-electron chi connectivity index (χ0n) is 14.1. The highest BCUT2D eigenvalue weighted by Gasteiger charge is 2.36. The maximum atomic E-state index is 12.7. The van der Waals surface area contributed by atoms with Gasteiger partial charge in [-0.15, -0.1) is 0 Å². The normalized spacial score (nSPS) is 17.5. The molecule has 0 saturated carbocycles. The molecule has 1 fully saturated rings. The number of sulfone groups is 1. The van der Waals surface area contributed by atoms with Crippen molar-refractivity contribution in [2.24, 2.45) is 0 Å². The standard InChI is InChI=1S/C19H21NO4S/c1-15-7-5-6-10-18(15)24-14-19(21)20-12-11-17(13-20)25(22,23)16-8-3-2-4-9-16/h2-10,17H,11-14H2,1H3. The summed E-state index contributed by atoms with van der Waals surface area (Å²) in [5, 5.41) is -0.558. The average molecular weight is 359 g/mol. The minimum Gasteiger partial charge on any atom is -0.484 e. The highest BCUT2D eigenvalue weighted by molar-refractivity contribution is 7.92. The van der Waals surface area contributed by atoms with E-state index in [1.165, 1.54) is 0 Å². The Morgan fingerprint density at radius 3 is 2.52 bits per heavy atom. The minimum absolute atomic E-state index is 0.0804. The van der Waals surface area contributed by atoms with Crippen LogP contribution in [-0.2, 0) is 14.6 Å². The number of para-hydroxylation sites is 1. The van der Waals surface area contributed by atoms with E-state index in [-0.39, 0.29) is 19.1 Å². The van der Waals surface area contributed by atoms with E-state index >= 15 is 0 Å². The average Bonchev–Trinajstić information content (AvgIpc) is 3.12. The number of carbonyl (C=O) groups is 1. The van der Waals surface area contributed by atoms with Crippen molar-refractivity contribution in [2.45, 2.75) is 23.5 Å². The minimum atomic E-state index is -3.41. The summed E-state index contributed by atoms with van der Waals surface area (Å²) >= 11 is 0. The first-order chi connectivity index (χ1) is 12.0. The molecule has 1 heterocycles. The molecule has 0 aliphatic carbocycles. The second kappa shape index (κ2) is 7.27. The third-order valence-corrected chi connectivity index (χ3v) is 6.64. The molecule has 0 radical (unpaired) electrons. The third kappa shape index (κ3) is 3.85. The Balaban J connectivity index is 1.61. The van der Waals surface area contributed by atoms with Crippen molar-refractivity contribution in [2.75, 3.05) is 19.7 Å². The molecule has 6 heteroatoms. The van der Waals surface area contributed by atoms with Gasteiger partial charge in [0, 0.05) is 13.1 Å². The van der Waals surface area contributed by atoms with Crippen LogP contribution in [0.2, 0.25) is 0 Å². The van der Waals surface area contributed by atoms with E-state index in [9.17, 15) is 13.2 Å². The number of aryl methyl sites for hydroxylation is 1. The van der Waals surface area contributed by atoms with Crippen LogP contribution in [0.25, 0.3) is 0 Å². The van der Waals surface area contributed by atoms with Crippen LogP contribution in [-0.4, -0.2) is 44.2 Å². The van der Waals surface area contributed by atoms with Gasteiger partial charge in [-0.05, 0) is 37.1 Å². The van der Waals surface area contributed by atoms with Crippen LogP contribution >= 0.6 is 0 Å². The zero-order valence-corrected chi connectivity index (χ0v) is 14.9. The lowest BCUT2D eigenvalue weighted by Crippen LogP contribution is -2.35. The van der Waals surface area contributed by atoms with Gasteiger partial charge in [0.25, 0.3) is 5.91 Å². The van der Waals surface area contributed by atoms with Gasteiger partial charge in [0.15, 0.2) is 16.4 Å². The Morgan fingerprint density at radius 2 is 1.80 bits per heavy atom. The molecule has 1 atom stereocenters. The molecule has 1 saturated heterocycles. The smallest absolute Gasteiger partial charge is 0.260 e. The molecule has 25 heavy (non-hydrogen) atoms. The number of carbonyl (C=O) groups excluding carboxylic acids is 1. The summed E-state index contributed by atoms with van der Waals surface area (Å²) in [6, 6.07) is 15.9. The van der Waals surface area contributed by atoms with Gasteiger partial charge < -0.3 is 9.64 Å². The number of likely N-dealkylation sites (tertiary alicyclic amines) is 1. The summed E-state index contributed by atoms with van der Waals surface area (Å²) in [5.74, 6) is 0.484. The molecule has 2 aromatic rings. The topological polar surface area (TPSA) is 63.7 Å². The molecule has 0 aromatic heterocycles. The van der Waals surface area contributed by atoms with Crippen LogP contribution in [0.1, 0.15) is 12.0 Å². The van der Waals surface area contributed by atoms with Crippen molar-refractivity contribution in [3.05, 3.63) is 60.2 Å².